The Balaban J connectivity index is 2.10. The molecule has 1 heteroatoms. The number of hydrogen-bond donors (Lipinski definition) is 1. The molecule has 0 aromatic carbocycles. The van der Waals surface area contributed by atoms with E-state index in [1.807, 2.05) is 0 Å². The van der Waals surface area contributed by atoms with Crippen molar-refractivity contribution in [3.8, 4) is 11.8 Å². The Bertz CT molecular complexity index is 520. The van der Waals surface area contributed by atoms with Gasteiger partial charge in [0.15, 0.2) is 0 Å². The van der Waals surface area contributed by atoms with E-state index in [1.165, 1.54) is 5.70 Å². The Morgan fingerprint density at radius 3 is 2.94 bits per heavy atom. The van der Waals surface area contributed by atoms with Crippen LogP contribution in [0.4, 0.5) is 0 Å². The summed E-state index contributed by atoms with van der Waals surface area (Å²) in [6, 6.07) is 0.384. The molecule has 0 amide bonds. The molecular weight excluding hydrogens is 218 g/mol. The SMILES string of the molecule is CC1(C)C2C=CC=CC1C1C#CC/C=C\C=C1N2. The Morgan fingerprint density at radius 1 is 1.22 bits per heavy atom. The van der Waals surface area contributed by atoms with E-state index in [9.17, 15) is 0 Å². The summed E-state index contributed by atoms with van der Waals surface area (Å²) in [5.74, 6) is 7.51. The lowest BCUT2D eigenvalue weighted by Gasteiger charge is -2.47. The van der Waals surface area contributed by atoms with Crippen LogP contribution in [0.15, 0.2) is 48.2 Å². The molecule has 2 aliphatic carbocycles. The highest BCUT2D eigenvalue weighted by Crippen LogP contribution is 2.45. The van der Waals surface area contributed by atoms with Crippen LogP contribution >= 0.6 is 0 Å². The minimum absolute atomic E-state index is 0.198. The van der Waals surface area contributed by atoms with Crippen LogP contribution in [0.2, 0.25) is 0 Å². The van der Waals surface area contributed by atoms with Gasteiger partial charge in [-0.25, -0.2) is 0 Å². The molecule has 1 heterocycles. The van der Waals surface area contributed by atoms with Gasteiger partial charge < -0.3 is 5.32 Å². The second-order valence-corrected chi connectivity index (χ2v) is 5.79. The fraction of sp³-hybridized carbons (Fsp3) is 0.412. The number of hydrogen-bond acceptors (Lipinski definition) is 1. The van der Waals surface area contributed by atoms with Crippen LogP contribution in [-0.4, -0.2) is 6.04 Å². The maximum absolute atomic E-state index is 3.67. The highest BCUT2D eigenvalue weighted by molar-refractivity contribution is 5.36. The fourth-order valence-corrected chi connectivity index (χ4v) is 3.09. The first-order valence-electron chi connectivity index (χ1n) is 6.66. The van der Waals surface area contributed by atoms with Gasteiger partial charge in [0.25, 0.3) is 0 Å². The Hall–Kier alpha value is -1.68. The van der Waals surface area contributed by atoms with Crippen molar-refractivity contribution < 1.29 is 0 Å². The van der Waals surface area contributed by atoms with Crippen LogP contribution in [0.1, 0.15) is 20.3 Å². The van der Waals surface area contributed by atoms with Crippen LogP contribution in [0.25, 0.3) is 0 Å². The van der Waals surface area contributed by atoms with E-state index < -0.39 is 0 Å². The molecule has 92 valence electrons. The second kappa shape index (κ2) is 4.21. The summed E-state index contributed by atoms with van der Waals surface area (Å²) in [6.45, 7) is 4.67. The lowest BCUT2D eigenvalue weighted by atomic mass is 9.64. The molecule has 3 aliphatic rings. The van der Waals surface area contributed by atoms with E-state index in [0.717, 1.165) is 6.42 Å². The summed E-state index contributed by atoms with van der Waals surface area (Å²) in [5.41, 5.74) is 1.47. The van der Waals surface area contributed by atoms with Crippen LogP contribution in [0.3, 0.4) is 0 Å². The first-order chi connectivity index (χ1) is 8.69. The predicted molar refractivity (Wildman–Crippen MR) is 75.6 cm³/mol. The summed E-state index contributed by atoms with van der Waals surface area (Å²) in [5, 5.41) is 3.67. The zero-order valence-electron chi connectivity index (χ0n) is 11.0. The number of allylic oxidation sites excluding steroid dienone is 7. The standard InChI is InChI=1S/C17H19N/c1-17(2)14-10-7-8-12-16(17)18-15-11-6-4-3-5-9-13(14)15/h4,6-8,10-14,16,18H,3H2,1-2H3/b6-4-,15-11?. The molecule has 0 spiro atoms. The summed E-state index contributed by atoms with van der Waals surface area (Å²) >= 11 is 0. The van der Waals surface area contributed by atoms with Gasteiger partial charge in [0.05, 0.1) is 12.0 Å². The van der Waals surface area contributed by atoms with Gasteiger partial charge in [-0.2, -0.15) is 0 Å². The average Bonchev–Trinajstić information content (AvgIpc) is 2.39. The third-order valence-corrected chi connectivity index (χ3v) is 4.30. The molecule has 18 heavy (non-hydrogen) atoms. The van der Waals surface area contributed by atoms with E-state index in [2.05, 4.69) is 73.5 Å². The number of fused-ring (bicyclic) bond motifs is 4. The predicted octanol–water partition coefficient (Wildman–Crippen LogP) is 3.19. The van der Waals surface area contributed by atoms with Crippen molar-refractivity contribution >= 4 is 0 Å². The zero-order chi connectivity index (χ0) is 12.6. The molecule has 3 rings (SSSR count). The highest BCUT2D eigenvalue weighted by atomic mass is 15.0. The minimum atomic E-state index is 0.198. The highest BCUT2D eigenvalue weighted by Gasteiger charge is 2.45. The van der Waals surface area contributed by atoms with Crippen molar-refractivity contribution in [2.45, 2.75) is 26.3 Å². The summed E-state index contributed by atoms with van der Waals surface area (Å²) in [4.78, 5) is 0. The Morgan fingerprint density at radius 2 is 2.06 bits per heavy atom. The number of nitrogens with one attached hydrogen (secondary N) is 1. The van der Waals surface area contributed by atoms with Gasteiger partial charge in [-0.05, 0) is 11.5 Å². The van der Waals surface area contributed by atoms with E-state index in [-0.39, 0.29) is 5.41 Å². The largest absolute Gasteiger partial charge is 0.381 e. The van der Waals surface area contributed by atoms with Gasteiger partial charge in [-0.3, -0.25) is 0 Å². The molecule has 1 aliphatic heterocycles. The molecule has 0 saturated carbocycles. The van der Waals surface area contributed by atoms with Gasteiger partial charge in [0.2, 0.25) is 0 Å². The van der Waals surface area contributed by atoms with Gasteiger partial charge in [-0.1, -0.05) is 62.1 Å². The van der Waals surface area contributed by atoms with E-state index >= 15 is 0 Å². The van der Waals surface area contributed by atoms with Crippen molar-refractivity contribution in [3.05, 3.63) is 48.2 Å². The smallest absolute Gasteiger partial charge is 0.0668 e. The first kappa shape index (κ1) is 11.4. The van der Waals surface area contributed by atoms with Gasteiger partial charge in [0, 0.05) is 18.0 Å². The van der Waals surface area contributed by atoms with Gasteiger partial charge >= 0.3 is 0 Å². The molecule has 2 bridgehead atoms. The molecule has 0 aromatic rings. The number of rotatable bonds is 0. The number of piperidine rings is 1. The van der Waals surface area contributed by atoms with E-state index in [4.69, 9.17) is 0 Å². The van der Waals surface area contributed by atoms with Crippen LogP contribution < -0.4 is 5.32 Å². The van der Waals surface area contributed by atoms with E-state index in [1.54, 1.807) is 0 Å². The summed E-state index contributed by atoms with van der Waals surface area (Å²) in [6.07, 6.45) is 16.2. The lowest BCUT2D eigenvalue weighted by molar-refractivity contribution is 0.150. The van der Waals surface area contributed by atoms with Gasteiger partial charge in [-0.15, -0.1) is 0 Å². The molecule has 1 N–H and O–H groups in total. The summed E-state index contributed by atoms with van der Waals surface area (Å²) < 4.78 is 0. The third kappa shape index (κ3) is 1.73. The van der Waals surface area contributed by atoms with Crippen molar-refractivity contribution in [3.63, 3.8) is 0 Å². The normalized spacial score (nSPS) is 36.8. The molecule has 3 unspecified atom stereocenters. The van der Waals surface area contributed by atoms with Crippen molar-refractivity contribution in [1.82, 2.24) is 5.32 Å². The zero-order valence-corrected chi connectivity index (χ0v) is 11.0. The average molecular weight is 237 g/mol. The maximum atomic E-state index is 3.67. The monoisotopic (exact) mass is 237 g/mol. The molecular formula is C17H19N. The van der Waals surface area contributed by atoms with Crippen LogP contribution in [0.5, 0.6) is 0 Å². The van der Waals surface area contributed by atoms with Crippen molar-refractivity contribution in [2.24, 2.45) is 17.3 Å². The second-order valence-electron chi connectivity index (χ2n) is 5.79. The minimum Gasteiger partial charge on any atom is -0.381 e. The Kier molecular flexibility index (Phi) is 2.67. The van der Waals surface area contributed by atoms with Crippen LogP contribution in [-0.2, 0) is 0 Å². The molecule has 1 nitrogen and oxygen atoms in total. The molecule has 0 radical (unpaired) electrons. The summed E-state index contributed by atoms with van der Waals surface area (Å²) in [7, 11) is 0. The van der Waals surface area contributed by atoms with Gasteiger partial charge in [0.1, 0.15) is 0 Å². The molecule has 3 atom stereocenters. The van der Waals surface area contributed by atoms with Crippen molar-refractivity contribution in [1.29, 1.82) is 0 Å². The quantitative estimate of drug-likeness (QED) is 0.638. The van der Waals surface area contributed by atoms with E-state index in [0.29, 0.717) is 17.9 Å². The maximum Gasteiger partial charge on any atom is 0.0668 e. The lowest BCUT2D eigenvalue weighted by Crippen LogP contribution is -2.52. The fourth-order valence-electron chi connectivity index (χ4n) is 3.09. The molecule has 1 fully saturated rings. The third-order valence-electron chi connectivity index (χ3n) is 4.30. The topological polar surface area (TPSA) is 12.0 Å². The molecule has 0 aromatic heterocycles. The molecule has 1 saturated heterocycles. The first-order valence-corrected chi connectivity index (χ1v) is 6.66. The van der Waals surface area contributed by atoms with Crippen molar-refractivity contribution in [2.75, 3.05) is 0 Å². The Labute approximate surface area is 109 Å². The van der Waals surface area contributed by atoms with Crippen LogP contribution in [0, 0.1) is 29.1 Å².